The molecule has 0 aliphatic heterocycles. The van der Waals surface area contributed by atoms with Crippen molar-refractivity contribution in [2.45, 2.75) is 6.23 Å². The quantitative estimate of drug-likeness (QED) is 0.0724. The Morgan fingerprint density at radius 3 is 2.69 bits per heavy atom. The lowest BCUT2D eigenvalue weighted by molar-refractivity contribution is -0.126. The minimum Gasteiger partial charge on any atom is -0.489 e. The van der Waals surface area contributed by atoms with Crippen LogP contribution in [0.1, 0.15) is 10.4 Å². The number of nitrogens with two attached hydrogens (primary N) is 3. The molecule has 1 aromatic carbocycles. The van der Waals surface area contributed by atoms with Crippen LogP contribution in [0, 0.1) is 0 Å². The van der Waals surface area contributed by atoms with Gasteiger partial charge in [0.15, 0.2) is 0 Å². The van der Waals surface area contributed by atoms with Crippen molar-refractivity contribution in [3.63, 3.8) is 0 Å². The first kappa shape index (κ1) is 21.8. The summed E-state index contributed by atoms with van der Waals surface area (Å²) in [4.78, 5) is 22.8. The van der Waals surface area contributed by atoms with Crippen molar-refractivity contribution < 1.29 is 23.8 Å². The molecule has 0 heterocycles. The maximum absolute atomic E-state index is 11.9. The van der Waals surface area contributed by atoms with Crippen LogP contribution in [-0.4, -0.2) is 57.6 Å². The second-order valence-corrected chi connectivity index (χ2v) is 5.08. The smallest absolute Gasteiger partial charge is 0.259 e. The number of amides is 2. The van der Waals surface area contributed by atoms with Gasteiger partial charge in [0.25, 0.3) is 11.8 Å². The van der Waals surface area contributed by atoms with Crippen molar-refractivity contribution >= 4 is 11.8 Å². The molecule has 0 saturated heterocycles. The van der Waals surface area contributed by atoms with Crippen molar-refractivity contribution in [2.75, 3.05) is 39.5 Å². The summed E-state index contributed by atoms with van der Waals surface area (Å²) in [7, 11) is 0. The lowest BCUT2D eigenvalue weighted by Gasteiger charge is -2.15. The SMILES string of the molecule is NNCCNC(=O)c1cccc(OCC(N)OCCOCC(=O)NN)c1. The summed E-state index contributed by atoms with van der Waals surface area (Å²) in [6.07, 6.45) is -0.685. The Hall–Kier alpha value is -2.28. The molecule has 146 valence electrons. The summed E-state index contributed by atoms with van der Waals surface area (Å²) in [5, 5.41) is 2.71. The fourth-order valence-corrected chi connectivity index (χ4v) is 1.77. The topological polar surface area (TPSA) is 176 Å². The standard InChI is InChI=1S/C15H26N6O5/c16-13(25-7-6-24-10-14(22)21-18)9-26-12-3-1-2-11(8-12)15(23)19-4-5-20-17/h1-3,8,13,20H,4-7,9-10,16-18H2,(H,19,23)(H,21,22). The van der Waals surface area contributed by atoms with E-state index in [1.807, 2.05) is 5.43 Å². The number of carbonyl (C=O) groups is 2. The van der Waals surface area contributed by atoms with Crippen molar-refractivity contribution in [3.05, 3.63) is 29.8 Å². The molecule has 1 aromatic rings. The molecule has 0 spiro atoms. The Bertz CT molecular complexity index is 559. The molecule has 11 heteroatoms. The molecule has 1 unspecified atom stereocenters. The highest BCUT2D eigenvalue weighted by Gasteiger charge is 2.08. The van der Waals surface area contributed by atoms with E-state index in [-0.39, 0.29) is 32.3 Å². The molecular weight excluding hydrogens is 344 g/mol. The van der Waals surface area contributed by atoms with Gasteiger partial charge in [-0.25, -0.2) is 5.84 Å². The molecule has 0 aliphatic rings. The van der Waals surface area contributed by atoms with Crippen molar-refractivity contribution in [1.82, 2.24) is 16.2 Å². The third kappa shape index (κ3) is 9.27. The van der Waals surface area contributed by atoms with Gasteiger partial charge >= 0.3 is 0 Å². The fraction of sp³-hybridized carbons (Fsp3) is 0.467. The molecule has 11 nitrogen and oxygen atoms in total. The van der Waals surface area contributed by atoms with Crippen LogP contribution in [0.5, 0.6) is 5.75 Å². The van der Waals surface area contributed by atoms with Gasteiger partial charge < -0.3 is 25.3 Å². The van der Waals surface area contributed by atoms with Crippen LogP contribution in [0.3, 0.4) is 0 Å². The Labute approximate surface area is 151 Å². The van der Waals surface area contributed by atoms with E-state index in [0.29, 0.717) is 24.4 Å². The summed E-state index contributed by atoms with van der Waals surface area (Å²) in [5.74, 6) is 9.88. The second kappa shape index (κ2) is 13.0. The third-order valence-corrected chi connectivity index (χ3v) is 3.02. The average Bonchev–Trinajstić information content (AvgIpc) is 2.66. The number of hydrazine groups is 2. The van der Waals surface area contributed by atoms with E-state index in [1.54, 1.807) is 24.3 Å². The predicted octanol–water partition coefficient (Wildman–Crippen LogP) is -2.43. The fourth-order valence-electron chi connectivity index (χ4n) is 1.77. The van der Waals surface area contributed by atoms with Crippen LogP contribution in [0.15, 0.2) is 24.3 Å². The predicted molar refractivity (Wildman–Crippen MR) is 93.5 cm³/mol. The maximum Gasteiger partial charge on any atom is 0.259 e. The van der Waals surface area contributed by atoms with Gasteiger partial charge in [0.2, 0.25) is 0 Å². The second-order valence-electron chi connectivity index (χ2n) is 5.08. The molecule has 9 N–H and O–H groups in total. The molecule has 0 saturated carbocycles. The van der Waals surface area contributed by atoms with Gasteiger partial charge in [-0.05, 0) is 18.2 Å². The van der Waals surface area contributed by atoms with Crippen molar-refractivity contribution in [2.24, 2.45) is 17.4 Å². The van der Waals surface area contributed by atoms with E-state index in [0.717, 1.165) is 0 Å². The number of hydrogen-bond donors (Lipinski definition) is 6. The Kier molecular flexibility index (Phi) is 10.9. The molecule has 2 amide bonds. The molecule has 0 radical (unpaired) electrons. The Morgan fingerprint density at radius 1 is 1.15 bits per heavy atom. The van der Waals surface area contributed by atoms with E-state index in [2.05, 4.69) is 10.7 Å². The lowest BCUT2D eigenvalue weighted by Crippen LogP contribution is -2.35. The first-order valence-corrected chi connectivity index (χ1v) is 7.95. The zero-order valence-corrected chi connectivity index (χ0v) is 14.4. The van der Waals surface area contributed by atoms with Gasteiger partial charge in [-0.15, -0.1) is 0 Å². The number of carbonyl (C=O) groups excluding carboxylic acids is 2. The zero-order valence-electron chi connectivity index (χ0n) is 14.4. The number of nitrogens with one attached hydrogen (secondary N) is 3. The Morgan fingerprint density at radius 2 is 1.96 bits per heavy atom. The summed E-state index contributed by atoms with van der Waals surface area (Å²) in [6, 6.07) is 6.68. The first-order chi connectivity index (χ1) is 12.6. The number of ether oxygens (including phenoxy) is 3. The lowest BCUT2D eigenvalue weighted by atomic mass is 10.2. The largest absolute Gasteiger partial charge is 0.489 e. The van der Waals surface area contributed by atoms with Crippen LogP contribution < -0.4 is 38.3 Å². The summed E-state index contributed by atoms with van der Waals surface area (Å²) in [5.41, 5.74) is 10.6. The van der Waals surface area contributed by atoms with E-state index in [4.69, 9.17) is 31.6 Å². The van der Waals surface area contributed by atoms with Gasteiger partial charge in [-0.3, -0.25) is 26.3 Å². The molecule has 1 rings (SSSR count). The van der Waals surface area contributed by atoms with Gasteiger partial charge in [-0.1, -0.05) is 6.07 Å². The highest BCUT2D eigenvalue weighted by Crippen LogP contribution is 2.13. The minimum absolute atomic E-state index is 0.0887. The van der Waals surface area contributed by atoms with Crippen LogP contribution in [0.4, 0.5) is 0 Å². The summed E-state index contributed by atoms with van der Waals surface area (Å²) >= 11 is 0. The van der Waals surface area contributed by atoms with Gasteiger partial charge in [-0.2, -0.15) is 0 Å². The van der Waals surface area contributed by atoms with E-state index in [1.165, 1.54) is 0 Å². The van der Waals surface area contributed by atoms with Crippen LogP contribution >= 0.6 is 0 Å². The molecule has 0 bridgehead atoms. The summed E-state index contributed by atoms with van der Waals surface area (Å²) < 4.78 is 15.8. The summed E-state index contributed by atoms with van der Waals surface area (Å²) in [6.45, 7) is 1.20. The van der Waals surface area contributed by atoms with Crippen LogP contribution in [-0.2, 0) is 14.3 Å². The first-order valence-electron chi connectivity index (χ1n) is 7.95. The molecule has 1 atom stereocenters. The molecule has 26 heavy (non-hydrogen) atoms. The van der Waals surface area contributed by atoms with Crippen molar-refractivity contribution in [3.8, 4) is 5.75 Å². The molecule has 0 aromatic heterocycles. The van der Waals surface area contributed by atoms with Gasteiger partial charge in [0.05, 0.1) is 13.2 Å². The maximum atomic E-state index is 11.9. The van der Waals surface area contributed by atoms with E-state index >= 15 is 0 Å². The van der Waals surface area contributed by atoms with Crippen molar-refractivity contribution in [1.29, 1.82) is 0 Å². The number of rotatable bonds is 13. The van der Waals surface area contributed by atoms with E-state index < -0.39 is 12.1 Å². The van der Waals surface area contributed by atoms with Crippen LogP contribution in [0.2, 0.25) is 0 Å². The van der Waals surface area contributed by atoms with Gasteiger partial charge in [0, 0.05) is 18.7 Å². The van der Waals surface area contributed by atoms with E-state index in [9.17, 15) is 9.59 Å². The number of hydrogen-bond acceptors (Lipinski definition) is 9. The normalized spacial score (nSPS) is 11.7. The molecule has 0 aliphatic carbocycles. The highest BCUT2D eigenvalue weighted by molar-refractivity contribution is 5.94. The number of benzene rings is 1. The average molecular weight is 370 g/mol. The van der Waals surface area contributed by atoms with Gasteiger partial charge in [0.1, 0.15) is 25.2 Å². The Balaban J connectivity index is 2.28. The zero-order chi connectivity index (χ0) is 19.2. The third-order valence-electron chi connectivity index (χ3n) is 3.02. The minimum atomic E-state index is -0.685. The van der Waals surface area contributed by atoms with Crippen LogP contribution in [0.25, 0.3) is 0 Å². The monoisotopic (exact) mass is 370 g/mol. The highest BCUT2D eigenvalue weighted by atomic mass is 16.6. The molecule has 0 fully saturated rings. The molecular formula is C15H26N6O5.